The molecule has 0 unspecified atom stereocenters. The van der Waals surface area contributed by atoms with Crippen LogP contribution in [-0.2, 0) is 22.3 Å². The van der Waals surface area contributed by atoms with Crippen molar-refractivity contribution in [2.75, 3.05) is 12.4 Å². The average Bonchev–Trinajstić information content (AvgIpc) is 2.70. The topological polar surface area (TPSA) is 96.9 Å². The van der Waals surface area contributed by atoms with Crippen molar-refractivity contribution in [1.29, 1.82) is 0 Å². The molecule has 3 aromatic rings. The number of aryl methyl sites for hydroxylation is 1. The van der Waals surface area contributed by atoms with Crippen LogP contribution < -0.4 is 10.0 Å². The molecule has 0 saturated heterocycles. The van der Waals surface area contributed by atoms with Crippen LogP contribution in [0.2, 0.25) is 0 Å². The van der Waals surface area contributed by atoms with E-state index in [9.17, 15) is 8.42 Å². The molecule has 7 nitrogen and oxygen atoms in total. The van der Waals surface area contributed by atoms with Gasteiger partial charge in [-0.15, -0.1) is 0 Å². The Morgan fingerprint density at radius 3 is 2.32 bits per heavy atom. The summed E-state index contributed by atoms with van der Waals surface area (Å²) in [5.41, 5.74) is 4.37. The number of anilines is 1. The fourth-order valence-corrected chi connectivity index (χ4v) is 3.42. The fourth-order valence-electron chi connectivity index (χ4n) is 2.64. The van der Waals surface area contributed by atoms with Crippen molar-refractivity contribution in [3.05, 3.63) is 71.0 Å². The first-order valence-electron chi connectivity index (χ1n) is 8.87. The van der Waals surface area contributed by atoms with Crippen molar-refractivity contribution in [3.8, 4) is 11.5 Å². The second-order valence-corrected chi connectivity index (χ2v) is 8.38. The van der Waals surface area contributed by atoms with E-state index in [0.717, 1.165) is 33.9 Å². The minimum absolute atomic E-state index is 0.0329. The lowest BCUT2D eigenvalue weighted by atomic mass is 10.1. The molecule has 0 amide bonds. The monoisotopic (exact) mass is 397 g/mol. The van der Waals surface area contributed by atoms with Crippen molar-refractivity contribution in [1.82, 2.24) is 19.7 Å². The summed E-state index contributed by atoms with van der Waals surface area (Å²) in [5, 5.41) is 3.35. The van der Waals surface area contributed by atoms with Gasteiger partial charge in [-0.1, -0.05) is 30.3 Å². The second-order valence-electron chi connectivity index (χ2n) is 6.45. The number of pyridine rings is 1. The Bertz CT molecular complexity index is 1050. The van der Waals surface area contributed by atoms with E-state index in [0.29, 0.717) is 12.4 Å². The summed E-state index contributed by atoms with van der Waals surface area (Å²) in [6.45, 7) is 4.50. The number of nitrogens with zero attached hydrogens (tertiary/aromatic N) is 3. The Morgan fingerprint density at radius 2 is 1.68 bits per heavy atom. The number of sulfonamides is 1. The molecule has 0 radical (unpaired) electrons. The number of benzene rings is 1. The summed E-state index contributed by atoms with van der Waals surface area (Å²) < 4.78 is 25.6. The summed E-state index contributed by atoms with van der Waals surface area (Å²) >= 11 is 0. The van der Waals surface area contributed by atoms with Gasteiger partial charge < -0.3 is 5.32 Å². The van der Waals surface area contributed by atoms with Gasteiger partial charge in [-0.25, -0.2) is 23.1 Å². The van der Waals surface area contributed by atoms with E-state index in [-0.39, 0.29) is 5.75 Å². The van der Waals surface area contributed by atoms with Gasteiger partial charge in [0.15, 0.2) is 5.82 Å². The van der Waals surface area contributed by atoms with E-state index in [1.165, 1.54) is 7.05 Å². The predicted octanol–water partition coefficient (Wildman–Crippen LogP) is 2.82. The zero-order valence-corrected chi connectivity index (χ0v) is 16.9. The fraction of sp³-hybridized carbons (Fsp3) is 0.250. The first kappa shape index (κ1) is 19.9. The van der Waals surface area contributed by atoms with Crippen LogP contribution in [0.5, 0.6) is 0 Å². The molecule has 2 heterocycles. The molecule has 2 aromatic heterocycles. The highest BCUT2D eigenvalue weighted by Crippen LogP contribution is 2.21. The molecular formula is C20H23N5O2S. The highest BCUT2D eigenvalue weighted by Gasteiger charge is 2.11. The van der Waals surface area contributed by atoms with Gasteiger partial charge >= 0.3 is 0 Å². The third-order valence-corrected chi connectivity index (χ3v) is 5.77. The maximum atomic E-state index is 11.6. The van der Waals surface area contributed by atoms with Crippen LogP contribution in [0.15, 0.2) is 48.7 Å². The molecule has 146 valence electrons. The van der Waals surface area contributed by atoms with Crippen molar-refractivity contribution in [3.63, 3.8) is 0 Å². The van der Waals surface area contributed by atoms with Gasteiger partial charge in [0.1, 0.15) is 11.5 Å². The summed E-state index contributed by atoms with van der Waals surface area (Å²) in [4.78, 5) is 13.5. The number of hydrogen-bond acceptors (Lipinski definition) is 6. The largest absolute Gasteiger partial charge is 0.366 e. The Morgan fingerprint density at radius 1 is 0.964 bits per heavy atom. The highest BCUT2D eigenvalue weighted by molar-refractivity contribution is 7.88. The lowest BCUT2D eigenvalue weighted by Gasteiger charge is -2.12. The molecular weight excluding hydrogens is 374 g/mol. The summed E-state index contributed by atoms with van der Waals surface area (Å²) in [7, 11) is -1.86. The number of aromatic nitrogens is 3. The summed E-state index contributed by atoms with van der Waals surface area (Å²) in [5.74, 6) is 1.31. The molecule has 0 aliphatic carbocycles. The molecule has 0 bridgehead atoms. The molecule has 0 aliphatic heterocycles. The standard InChI is InChI=1S/C20H23N5O2S/c1-14-15(2)24-20(18-6-4-5-11-22-18)25-19(14)23-12-16-7-9-17(10-8-16)13-28(26,27)21-3/h4-11,21H,12-13H2,1-3H3,(H,23,24,25). The van der Waals surface area contributed by atoms with Gasteiger partial charge in [0.2, 0.25) is 10.0 Å². The highest BCUT2D eigenvalue weighted by atomic mass is 32.2. The molecule has 0 spiro atoms. The van der Waals surface area contributed by atoms with Crippen LogP contribution in [0.3, 0.4) is 0 Å². The van der Waals surface area contributed by atoms with Crippen molar-refractivity contribution < 1.29 is 8.42 Å². The molecule has 8 heteroatoms. The van der Waals surface area contributed by atoms with Gasteiger partial charge in [0.05, 0.1) is 5.75 Å². The molecule has 2 N–H and O–H groups in total. The van der Waals surface area contributed by atoms with Gasteiger partial charge in [0, 0.05) is 24.0 Å². The SMILES string of the molecule is CNS(=O)(=O)Cc1ccc(CNc2nc(-c3ccccn3)nc(C)c2C)cc1. The predicted molar refractivity (Wildman–Crippen MR) is 110 cm³/mol. The molecule has 3 rings (SSSR count). The number of nitrogens with one attached hydrogen (secondary N) is 2. The third-order valence-electron chi connectivity index (χ3n) is 4.43. The van der Waals surface area contributed by atoms with Crippen LogP contribution in [0, 0.1) is 13.8 Å². The van der Waals surface area contributed by atoms with Crippen molar-refractivity contribution in [2.24, 2.45) is 0 Å². The zero-order valence-electron chi connectivity index (χ0n) is 16.1. The molecule has 0 saturated carbocycles. The van der Waals surface area contributed by atoms with Gasteiger partial charge in [-0.3, -0.25) is 4.98 Å². The quantitative estimate of drug-likeness (QED) is 0.636. The van der Waals surface area contributed by atoms with E-state index in [1.807, 2.05) is 56.3 Å². The van der Waals surface area contributed by atoms with E-state index in [1.54, 1.807) is 6.20 Å². The van der Waals surface area contributed by atoms with E-state index >= 15 is 0 Å². The minimum atomic E-state index is -3.27. The molecule has 28 heavy (non-hydrogen) atoms. The molecule has 1 aromatic carbocycles. The smallest absolute Gasteiger partial charge is 0.215 e. The lowest BCUT2D eigenvalue weighted by molar-refractivity contribution is 0.587. The third kappa shape index (κ3) is 4.90. The normalized spacial score (nSPS) is 11.4. The van der Waals surface area contributed by atoms with Gasteiger partial charge in [-0.2, -0.15) is 0 Å². The molecule has 0 aliphatic rings. The molecule has 0 atom stereocenters. The molecule has 0 fully saturated rings. The lowest BCUT2D eigenvalue weighted by Crippen LogP contribution is -2.20. The number of hydrogen-bond donors (Lipinski definition) is 2. The number of rotatable bonds is 7. The average molecular weight is 398 g/mol. The summed E-state index contributed by atoms with van der Waals surface area (Å²) in [6.07, 6.45) is 1.72. The van der Waals surface area contributed by atoms with Crippen LogP contribution in [0.1, 0.15) is 22.4 Å². The Hall–Kier alpha value is -2.84. The van der Waals surface area contributed by atoms with Gasteiger partial charge in [-0.05, 0) is 44.2 Å². The van der Waals surface area contributed by atoms with E-state index in [4.69, 9.17) is 0 Å². The Balaban J connectivity index is 1.75. The summed E-state index contributed by atoms with van der Waals surface area (Å²) in [6, 6.07) is 13.1. The van der Waals surface area contributed by atoms with Crippen LogP contribution in [0.25, 0.3) is 11.5 Å². The van der Waals surface area contributed by atoms with Gasteiger partial charge in [0.25, 0.3) is 0 Å². The van der Waals surface area contributed by atoms with E-state index < -0.39 is 10.0 Å². The van der Waals surface area contributed by atoms with Crippen molar-refractivity contribution in [2.45, 2.75) is 26.1 Å². The van der Waals surface area contributed by atoms with Crippen molar-refractivity contribution >= 4 is 15.8 Å². The maximum absolute atomic E-state index is 11.6. The first-order valence-corrected chi connectivity index (χ1v) is 10.5. The first-order chi connectivity index (χ1) is 13.4. The van der Waals surface area contributed by atoms with Crippen LogP contribution in [-0.4, -0.2) is 30.4 Å². The Kier molecular flexibility index (Phi) is 6.01. The minimum Gasteiger partial charge on any atom is -0.366 e. The second kappa shape index (κ2) is 8.45. The Labute approximate surface area is 165 Å². The maximum Gasteiger partial charge on any atom is 0.215 e. The van der Waals surface area contributed by atoms with Crippen LogP contribution >= 0.6 is 0 Å². The van der Waals surface area contributed by atoms with E-state index in [2.05, 4.69) is 25.0 Å². The van der Waals surface area contributed by atoms with Crippen LogP contribution in [0.4, 0.5) is 5.82 Å². The zero-order chi connectivity index (χ0) is 20.1.